The predicted octanol–water partition coefficient (Wildman–Crippen LogP) is 1.26. The molecule has 1 saturated heterocycles. The fraction of sp³-hybridized carbons (Fsp3) is 1.00. The molecule has 2 nitrogen and oxygen atoms in total. The normalized spacial score (nSPS) is 36.0. The Kier molecular flexibility index (Phi) is 1.69. The van der Waals surface area contributed by atoms with Crippen LogP contribution in [0.25, 0.3) is 0 Å². The van der Waals surface area contributed by atoms with Gasteiger partial charge in [0.1, 0.15) is 0 Å². The molecule has 2 rings (SSSR count). The molecule has 1 spiro atoms. The quantitative estimate of drug-likeness (QED) is 0.565. The van der Waals surface area contributed by atoms with Crippen molar-refractivity contribution in [2.24, 2.45) is 0 Å². The van der Waals surface area contributed by atoms with E-state index in [1.165, 1.54) is 19.4 Å². The van der Waals surface area contributed by atoms with Crippen LogP contribution in [0.1, 0.15) is 26.7 Å². The van der Waals surface area contributed by atoms with Crippen LogP contribution < -0.4 is 0 Å². The van der Waals surface area contributed by atoms with Crippen molar-refractivity contribution in [2.75, 3.05) is 19.7 Å². The zero-order chi connectivity index (χ0) is 7.90. The van der Waals surface area contributed by atoms with E-state index in [2.05, 4.69) is 18.7 Å². The molecular formula is C9H17NO. The lowest BCUT2D eigenvalue weighted by Crippen LogP contribution is -2.52. The van der Waals surface area contributed by atoms with Gasteiger partial charge in [-0.05, 0) is 26.3 Å². The highest BCUT2D eigenvalue weighted by atomic mass is 16.5. The van der Waals surface area contributed by atoms with E-state index in [1.54, 1.807) is 0 Å². The van der Waals surface area contributed by atoms with Crippen molar-refractivity contribution in [3.05, 3.63) is 0 Å². The van der Waals surface area contributed by atoms with Crippen molar-refractivity contribution in [1.29, 1.82) is 0 Å². The smallest absolute Gasteiger partial charge is 0.0731 e. The van der Waals surface area contributed by atoms with Gasteiger partial charge in [0.25, 0.3) is 0 Å². The first-order valence-corrected chi connectivity index (χ1v) is 4.66. The van der Waals surface area contributed by atoms with Gasteiger partial charge in [0.15, 0.2) is 0 Å². The number of hydrogen-bond donors (Lipinski definition) is 0. The molecule has 1 aliphatic carbocycles. The van der Waals surface area contributed by atoms with E-state index in [4.69, 9.17) is 4.74 Å². The lowest BCUT2D eigenvalue weighted by molar-refractivity contribution is -0.0724. The molecule has 64 valence electrons. The largest absolute Gasteiger partial charge is 0.375 e. The minimum Gasteiger partial charge on any atom is -0.375 e. The summed E-state index contributed by atoms with van der Waals surface area (Å²) in [4.78, 5) is 2.58. The van der Waals surface area contributed by atoms with Crippen LogP contribution >= 0.6 is 0 Å². The predicted molar refractivity (Wildman–Crippen MR) is 44.6 cm³/mol. The summed E-state index contributed by atoms with van der Waals surface area (Å²) in [6, 6.07) is 0. The van der Waals surface area contributed by atoms with Gasteiger partial charge in [-0.2, -0.15) is 0 Å². The molecule has 0 bridgehead atoms. The highest BCUT2D eigenvalue weighted by molar-refractivity contribution is 5.09. The van der Waals surface area contributed by atoms with Gasteiger partial charge < -0.3 is 4.74 Å². The van der Waals surface area contributed by atoms with Crippen LogP contribution in [0.2, 0.25) is 0 Å². The van der Waals surface area contributed by atoms with E-state index in [-0.39, 0.29) is 0 Å². The van der Waals surface area contributed by atoms with Crippen LogP contribution in [-0.4, -0.2) is 36.2 Å². The summed E-state index contributed by atoms with van der Waals surface area (Å²) in [5.41, 5.74) is 0.465. The Bertz CT molecular complexity index is 154. The van der Waals surface area contributed by atoms with Crippen molar-refractivity contribution in [3.8, 4) is 0 Å². The molecular weight excluding hydrogens is 138 g/mol. The molecule has 2 heteroatoms. The second-order valence-electron chi connectivity index (χ2n) is 3.70. The van der Waals surface area contributed by atoms with E-state index in [0.29, 0.717) is 11.6 Å². The van der Waals surface area contributed by atoms with Gasteiger partial charge in [-0.15, -0.1) is 0 Å². The van der Waals surface area contributed by atoms with Crippen LogP contribution in [0.3, 0.4) is 0 Å². The Morgan fingerprint density at radius 3 is 2.73 bits per heavy atom. The number of morpholine rings is 1. The number of nitrogens with zero attached hydrogens (tertiary/aromatic N) is 1. The third-order valence-electron chi connectivity index (χ3n) is 3.26. The van der Waals surface area contributed by atoms with Gasteiger partial charge in [0.2, 0.25) is 0 Å². The number of ether oxygens (including phenoxy) is 1. The summed E-state index contributed by atoms with van der Waals surface area (Å²) in [5, 5.41) is 0. The molecule has 0 amide bonds. The van der Waals surface area contributed by atoms with E-state index in [0.717, 1.165) is 13.2 Å². The number of hydrogen-bond acceptors (Lipinski definition) is 2. The average Bonchev–Trinajstić information content (AvgIpc) is 2.77. The molecule has 0 radical (unpaired) electrons. The maximum absolute atomic E-state index is 5.65. The van der Waals surface area contributed by atoms with Gasteiger partial charge >= 0.3 is 0 Å². The average molecular weight is 155 g/mol. The Morgan fingerprint density at radius 1 is 1.55 bits per heavy atom. The van der Waals surface area contributed by atoms with Crippen molar-refractivity contribution in [1.82, 2.24) is 4.90 Å². The lowest BCUT2D eigenvalue weighted by Gasteiger charge is -2.40. The molecule has 1 heterocycles. The Hall–Kier alpha value is -0.0800. The summed E-state index contributed by atoms with van der Waals surface area (Å²) in [7, 11) is 0. The Morgan fingerprint density at radius 2 is 2.27 bits per heavy atom. The van der Waals surface area contributed by atoms with Crippen molar-refractivity contribution < 1.29 is 4.74 Å². The monoisotopic (exact) mass is 155 g/mol. The van der Waals surface area contributed by atoms with Gasteiger partial charge in [-0.25, -0.2) is 0 Å². The highest BCUT2D eigenvalue weighted by Crippen LogP contribution is 2.47. The first-order chi connectivity index (χ1) is 5.29. The van der Waals surface area contributed by atoms with Gasteiger partial charge in [-0.1, -0.05) is 6.92 Å². The van der Waals surface area contributed by atoms with Crippen LogP contribution in [0.5, 0.6) is 0 Å². The molecule has 0 aromatic rings. The van der Waals surface area contributed by atoms with Crippen LogP contribution in [-0.2, 0) is 4.74 Å². The van der Waals surface area contributed by atoms with Crippen LogP contribution in [0.15, 0.2) is 0 Å². The SMILES string of the molecule is CCN1CCOC(C)C12CC2. The molecule has 0 N–H and O–H groups in total. The van der Waals surface area contributed by atoms with E-state index < -0.39 is 0 Å². The van der Waals surface area contributed by atoms with E-state index in [9.17, 15) is 0 Å². The van der Waals surface area contributed by atoms with Crippen molar-refractivity contribution in [2.45, 2.75) is 38.3 Å². The van der Waals surface area contributed by atoms with E-state index in [1.807, 2.05) is 0 Å². The second kappa shape index (κ2) is 2.46. The summed E-state index contributed by atoms with van der Waals surface area (Å²) < 4.78 is 5.65. The fourth-order valence-corrected chi connectivity index (χ4v) is 2.30. The molecule has 1 aliphatic heterocycles. The maximum Gasteiger partial charge on any atom is 0.0731 e. The molecule has 11 heavy (non-hydrogen) atoms. The summed E-state index contributed by atoms with van der Waals surface area (Å²) in [6.45, 7) is 7.72. The zero-order valence-corrected chi connectivity index (χ0v) is 7.47. The van der Waals surface area contributed by atoms with Crippen LogP contribution in [0.4, 0.5) is 0 Å². The van der Waals surface area contributed by atoms with Crippen molar-refractivity contribution in [3.63, 3.8) is 0 Å². The zero-order valence-electron chi connectivity index (χ0n) is 7.47. The minimum atomic E-state index is 0.465. The lowest BCUT2D eigenvalue weighted by atomic mass is 10.1. The first-order valence-electron chi connectivity index (χ1n) is 4.66. The summed E-state index contributed by atoms with van der Waals surface area (Å²) in [6.07, 6.45) is 3.17. The summed E-state index contributed by atoms with van der Waals surface area (Å²) >= 11 is 0. The molecule has 2 aliphatic rings. The third kappa shape index (κ3) is 1.00. The first kappa shape index (κ1) is 7.56. The summed E-state index contributed by atoms with van der Waals surface area (Å²) in [5.74, 6) is 0. The topological polar surface area (TPSA) is 12.5 Å². The number of rotatable bonds is 1. The molecule has 2 fully saturated rings. The Labute approximate surface area is 68.5 Å². The number of likely N-dealkylation sites (N-methyl/N-ethyl adjacent to an activating group) is 1. The molecule has 1 atom stereocenters. The van der Waals surface area contributed by atoms with Gasteiger partial charge in [0.05, 0.1) is 12.7 Å². The third-order valence-corrected chi connectivity index (χ3v) is 3.26. The standard InChI is InChI=1S/C9H17NO/c1-3-10-6-7-11-8(2)9(10)4-5-9/h8H,3-7H2,1-2H3. The highest BCUT2D eigenvalue weighted by Gasteiger charge is 2.53. The van der Waals surface area contributed by atoms with Crippen LogP contribution in [0, 0.1) is 0 Å². The van der Waals surface area contributed by atoms with E-state index >= 15 is 0 Å². The molecule has 1 saturated carbocycles. The maximum atomic E-state index is 5.65. The second-order valence-corrected chi connectivity index (χ2v) is 3.70. The molecule has 1 unspecified atom stereocenters. The van der Waals surface area contributed by atoms with Crippen molar-refractivity contribution >= 4 is 0 Å². The van der Waals surface area contributed by atoms with Gasteiger partial charge in [-0.3, -0.25) is 4.90 Å². The Balaban J connectivity index is 2.08. The molecule has 0 aromatic heterocycles. The minimum absolute atomic E-state index is 0.465. The molecule has 0 aromatic carbocycles. The van der Waals surface area contributed by atoms with Gasteiger partial charge in [0, 0.05) is 12.1 Å². The fourth-order valence-electron chi connectivity index (χ4n) is 2.30.